The van der Waals surface area contributed by atoms with Crippen molar-refractivity contribution >= 4 is 28.0 Å². The lowest BCUT2D eigenvalue weighted by molar-refractivity contribution is 0.222. The Balaban J connectivity index is 1.39. The van der Waals surface area contributed by atoms with E-state index in [0.717, 1.165) is 65.4 Å². The highest BCUT2D eigenvalue weighted by Gasteiger charge is 2.28. The first-order chi connectivity index (χ1) is 16.0. The van der Waals surface area contributed by atoms with Gasteiger partial charge >= 0.3 is 0 Å². The first-order valence-electron chi connectivity index (χ1n) is 12.0. The number of aryl methyl sites for hydroxylation is 1. The molecule has 8 heteroatoms. The van der Waals surface area contributed by atoms with Crippen LogP contribution in [0.15, 0.2) is 24.5 Å². The van der Waals surface area contributed by atoms with Crippen molar-refractivity contribution in [2.45, 2.75) is 51.6 Å². The Labute approximate surface area is 192 Å². The number of aromatic amines is 1. The maximum atomic E-state index is 15.2. The molecule has 6 rings (SSSR count). The number of nitrogens with one attached hydrogen (secondary N) is 2. The first kappa shape index (κ1) is 20.6. The predicted molar refractivity (Wildman–Crippen MR) is 129 cm³/mol. The summed E-state index contributed by atoms with van der Waals surface area (Å²) in [5.74, 6) is 1.94. The highest BCUT2D eigenvalue weighted by atomic mass is 19.1. The zero-order valence-electron chi connectivity index (χ0n) is 19.4. The Hall–Kier alpha value is -3.00. The van der Waals surface area contributed by atoms with Crippen LogP contribution in [0.4, 0.5) is 10.3 Å². The number of benzene rings is 1. The van der Waals surface area contributed by atoms with Gasteiger partial charge in [0.25, 0.3) is 0 Å². The molecule has 1 aliphatic carbocycles. The van der Waals surface area contributed by atoms with Crippen LogP contribution in [-0.2, 0) is 0 Å². The summed E-state index contributed by atoms with van der Waals surface area (Å²) in [6.07, 6.45) is 8.36. The molecule has 1 aromatic carbocycles. The molecule has 2 aliphatic rings. The summed E-state index contributed by atoms with van der Waals surface area (Å²) in [6.45, 7) is 6.25. The molecule has 1 saturated carbocycles. The predicted octanol–water partition coefficient (Wildman–Crippen LogP) is 4.90. The molecule has 1 unspecified atom stereocenters. The van der Waals surface area contributed by atoms with E-state index in [1.807, 2.05) is 19.3 Å². The molecular formula is C25H30FN7. The molecule has 1 saturated heterocycles. The highest BCUT2D eigenvalue weighted by Crippen LogP contribution is 2.36. The monoisotopic (exact) mass is 447 g/mol. The SMILES string of the molecule is Cc1nc2c(F)cc(-c3c[nH]c4nc(NC(C)C5CC5)ncc34)cc2n1C1CCN(C)CC1. The number of hydrogen-bond donors (Lipinski definition) is 2. The smallest absolute Gasteiger partial charge is 0.224 e. The van der Waals surface area contributed by atoms with Crippen molar-refractivity contribution in [1.29, 1.82) is 0 Å². The fourth-order valence-electron chi connectivity index (χ4n) is 5.27. The summed E-state index contributed by atoms with van der Waals surface area (Å²) in [4.78, 5) is 19.4. The Morgan fingerprint density at radius 2 is 1.94 bits per heavy atom. The standard InChI is InChI=1S/C25H30FN7/c1-14(16-4-5-16)29-25-28-13-20-19(12-27-24(20)31-25)17-10-21(26)23-22(11-17)33(15(2)30-23)18-6-8-32(3)9-7-18/h10-14,16,18H,4-9H2,1-3H3,(H2,27,28,29,31). The van der Waals surface area contributed by atoms with E-state index >= 15 is 4.39 Å². The van der Waals surface area contributed by atoms with Gasteiger partial charge in [-0.3, -0.25) is 0 Å². The zero-order valence-corrected chi connectivity index (χ0v) is 19.4. The molecule has 2 fully saturated rings. The van der Waals surface area contributed by atoms with E-state index in [1.54, 1.807) is 6.07 Å². The molecule has 1 aliphatic heterocycles. The van der Waals surface area contributed by atoms with Gasteiger partial charge in [0.05, 0.1) is 5.52 Å². The Bertz CT molecular complexity index is 1330. The van der Waals surface area contributed by atoms with Gasteiger partial charge in [-0.25, -0.2) is 14.4 Å². The van der Waals surface area contributed by atoms with Crippen molar-refractivity contribution in [2.24, 2.45) is 5.92 Å². The number of aromatic nitrogens is 5. The summed E-state index contributed by atoms with van der Waals surface area (Å²) >= 11 is 0. The summed E-state index contributed by atoms with van der Waals surface area (Å²) in [5, 5.41) is 4.30. The Morgan fingerprint density at radius 3 is 2.70 bits per heavy atom. The number of hydrogen-bond acceptors (Lipinski definition) is 5. The second-order valence-electron chi connectivity index (χ2n) is 9.82. The van der Waals surface area contributed by atoms with Crippen LogP contribution in [0.5, 0.6) is 0 Å². The van der Waals surface area contributed by atoms with Crippen LogP contribution in [0.2, 0.25) is 0 Å². The van der Waals surface area contributed by atoms with Crippen LogP contribution in [0, 0.1) is 18.7 Å². The molecule has 4 heterocycles. The van der Waals surface area contributed by atoms with E-state index in [-0.39, 0.29) is 5.82 Å². The summed E-state index contributed by atoms with van der Waals surface area (Å²) in [6, 6.07) is 4.36. The van der Waals surface area contributed by atoms with Gasteiger partial charge in [0.2, 0.25) is 5.95 Å². The van der Waals surface area contributed by atoms with E-state index in [2.05, 4.69) is 54.8 Å². The third-order valence-electron chi connectivity index (χ3n) is 7.41. The molecule has 172 valence electrons. The van der Waals surface area contributed by atoms with Crippen molar-refractivity contribution in [3.63, 3.8) is 0 Å². The molecule has 0 spiro atoms. The van der Waals surface area contributed by atoms with Crippen molar-refractivity contribution in [3.8, 4) is 11.1 Å². The Morgan fingerprint density at radius 1 is 1.15 bits per heavy atom. The van der Waals surface area contributed by atoms with Crippen LogP contribution in [0.3, 0.4) is 0 Å². The van der Waals surface area contributed by atoms with Gasteiger partial charge in [-0.2, -0.15) is 4.98 Å². The molecular weight excluding hydrogens is 417 g/mol. The third kappa shape index (κ3) is 3.66. The van der Waals surface area contributed by atoms with Crippen LogP contribution < -0.4 is 5.32 Å². The van der Waals surface area contributed by atoms with E-state index in [4.69, 9.17) is 0 Å². The minimum Gasteiger partial charge on any atom is -0.351 e. The molecule has 7 nitrogen and oxygen atoms in total. The molecule has 3 aromatic heterocycles. The van der Waals surface area contributed by atoms with Crippen molar-refractivity contribution in [1.82, 2.24) is 29.4 Å². The summed E-state index contributed by atoms with van der Waals surface area (Å²) in [7, 11) is 2.15. The number of nitrogens with zero attached hydrogens (tertiary/aromatic N) is 5. The van der Waals surface area contributed by atoms with Gasteiger partial charge in [0, 0.05) is 35.4 Å². The topological polar surface area (TPSA) is 74.7 Å². The molecule has 1 atom stereocenters. The quantitative estimate of drug-likeness (QED) is 0.455. The molecule has 0 amide bonds. The second-order valence-corrected chi connectivity index (χ2v) is 9.82. The maximum Gasteiger partial charge on any atom is 0.224 e. The average Bonchev–Trinajstić information content (AvgIpc) is 3.49. The van der Waals surface area contributed by atoms with Crippen molar-refractivity contribution in [2.75, 3.05) is 25.5 Å². The van der Waals surface area contributed by atoms with E-state index < -0.39 is 0 Å². The zero-order chi connectivity index (χ0) is 22.7. The molecule has 0 bridgehead atoms. The van der Waals surface area contributed by atoms with Gasteiger partial charge in [-0.05, 0) is 83.3 Å². The highest BCUT2D eigenvalue weighted by molar-refractivity contribution is 5.96. The van der Waals surface area contributed by atoms with Gasteiger partial charge in [0.15, 0.2) is 5.82 Å². The number of rotatable bonds is 5. The van der Waals surface area contributed by atoms with Crippen molar-refractivity contribution in [3.05, 3.63) is 36.2 Å². The van der Waals surface area contributed by atoms with E-state index in [1.165, 1.54) is 12.8 Å². The van der Waals surface area contributed by atoms with Gasteiger partial charge in [-0.15, -0.1) is 0 Å². The molecule has 33 heavy (non-hydrogen) atoms. The van der Waals surface area contributed by atoms with Crippen LogP contribution in [-0.4, -0.2) is 55.6 Å². The molecule has 2 N–H and O–H groups in total. The van der Waals surface area contributed by atoms with Gasteiger partial charge in [0.1, 0.15) is 17.0 Å². The minimum absolute atomic E-state index is 0.288. The average molecular weight is 448 g/mol. The van der Waals surface area contributed by atoms with Crippen LogP contribution >= 0.6 is 0 Å². The summed E-state index contributed by atoms with van der Waals surface area (Å²) in [5.41, 5.74) is 3.79. The van der Waals surface area contributed by atoms with Crippen LogP contribution in [0.25, 0.3) is 33.2 Å². The van der Waals surface area contributed by atoms with Gasteiger partial charge < -0.3 is 19.8 Å². The fourth-order valence-corrected chi connectivity index (χ4v) is 5.27. The van der Waals surface area contributed by atoms with Crippen LogP contribution in [0.1, 0.15) is 44.5 Å². The normalized spacial score (nSPS) is 18.9. The number of H-pyrrole nitrogens is 1. The Kier molecular flexibility index (Phi) is 4.87. The second kappa shape index (κ2) is 7.80. The largest absolute Gasteiger partial charge is 0.351 e. The number of imidazole rings is 1. The lowest BCUT2D eigenvalue weighted by atomic mass is 10.0. The first-order valence-corrected chi connectivity index (χ1v) is 12.0. The van der Waals surface area contributed by atoms with Crippen molar-refractivity contribution < 1.29 is 4.39 Å². The molecule has 4 aromatic rings. The fraction of sp³-hybridized carbons (Fsp3) is 0.480. The number of anilines is 1. The lowest BCUT2D eigenvalue weighted by Gasteiger charge is -2.30. The minimum atomic E-state index is -0.288. The van der Waals surface area contributed by atoms with Gasteiger partial charge in [-0.1, -0.05) is 0 Å². The van der Waals surface area contributed by atoms with E-state index in [0.29, 0.717) is 23.5 Å². The van der Waals surface area contributed by atoms with E-state index in [9.17, 15) is 0 Å². The maximum absolute atomic E-state index is 15.2. The number of fused-ring (bicyclic) bond motifs is 2. The lowest BCUT2D eigenvalue weighted by Crippen LogP contribution is -2.31. The number of likely N-dealkylation sites (tertiary alicyclic amines) is 1. The number of halogens is 1. The summed E-state index contributed by atoms with van der Waals surface area (Å²) < 4.78 is 17.5. The third-order valence-corrected chi connectivity index (χ3v) is 7.41. The number of piperidine rings is 1. The molecule has 0 radical (unpaired) electrons.